The normalized spacial score (nSPS) is 10.9. The lowest BCUT2D eigenvalue weighted by Crippen LogP contribution is -2.03. The van der Waals surface area contributed by atoms with Crippen LogP contribution in [0.3, 0.4) is 0 Å². The summed E-state index contributed by atoms with van der Waals surface area (Å²) in [6.07, 6.45) is 0. The average molecular weight is 293 g/mol. The third-order valence-corrected chi connectivity index (χ3v) is 2.90. The van der Waals surface area contributed by atoms with E-state index in [1.807, 2.05) is 12.1 Å². The van der Waals surface area contributed by atoms with Crippen LogP contribution in [0.15, 0.2) is 42.5 Å². The number of benzene rings is 2. The zero-order valence-electron chi connectivity index (χ0n) is 10.4. The van der Waals surface area contributed by atoms with Crippen molar-refractivity contribution in [2.24, 2.45) is 0 Å². The van der Waals surface area contributed by atoms with Gasteiger partial charge in [0.2, 0.25) is 17.4 Å². The zero-order valence-corrected chi connectivity index (χ0v) is 10.4. The summed E-state index contributed by atoms with van der Waals surface area (Å²) in [6, 6.07) is 11.8. The third kappa shape index (κ3) is 2.40. The lowest BCUT2D eigenvalue weighted by atomic mass is 10.1. The number of rotatable bonds is 2. The number of ether oxygens (including phenoxy) is 1. The van der Waals surface area contributed by atoms with Gasteiger partial charge in [0.25, 0.3) is 11.9 Å². The fourth-order valence-corrected chi connectivity index (χ4v) is 1.91. The van der Waals surface area contributed by atoms with Gasteiger partial charge in [0.05, 0.1) is 0 Å². The van der Waals surface area contributed by atoms with Gasteiger partial charge in [0.1, 0.15) is 5.75 Å². The number of pyridine rings is 1. The van der Waals surface area contributed by atoms with Gasteiger partial charge in [-0.3, -0.25) is 0 Å². The van der Waals surface area contributed by atoms with Crippen LogP contribution in [-0.4, -0.2) is 4.98 Å². The van der Waals surface area contributed by atoms with Crippen molar-refractivity contribution in [1.82, 2.24) is 4.98 Å². The first kappa shape index (κ1) is 13.4. The van der Waals surface area contributed by atoms with Crippen LogP contribution in [0.1, 0.15) is 0 Å². The fourth-order valence-electron chi connectivity index (χ4n) is 1.91. The van der Waals surface area contributed by atoms with Crippen LogP contribution < -0.4 is 4.74 Å². The summed E-state index contributed by atoms with van der Waals surface area (Å²) >= 11 is 0. The van der Waals surface area contributed by atoms with E-state index >= 15 is 0 Å². The first-order valence-electron chi connectivity index (χ1n) is 5.93. The summed E-state index contributed by atoms with van der Waals surface area (Å²) in [7, 11) is 0. The molecule has 3 aromatic rings. The predicted octanol–water partition coefficient (Wildman–Crippen LogP) is 4.58. The molecule has 3 rings (SSSR count). The van der Waals surface area contributed by atoms with Crippen LogP contribution in [0, 0.1) is 23.5 Å². The molecule has 0 bridgehead atoms. The first-order valence-corrected chi connectivity index (χ1v) is 5.93. The van der Waals surface area contributed by atoms with Crippen molar-refractivity contribution in [3.8, 4) is 11.5 Å². The van der Waals surface area contributed by atoms with E-state index in [1.165, 1.54) is 12.1 Å². The number of nitrogens with zero attached hydrogens (tertiary/aromatic N) is 1. The minimum absolute atomic E-state index is 0.0523. The number of halogens is 4. The summed E-state index contributed by atoms with van der Waals surface area (Å²) in [5.41, 5.74) is 0. The molecule has 0 aliphatic rings. The molecular formula is C15H7F4NO. The molecule has 2 aromatic carbocycles. The summed E-state index contributed by atoms with van der Waals surface area (Å²) < 4.78 is 57.9. The molecule has 106 valence electrons. The second kappa shape index (κ2) is 5.05. The molecule has 0 aliphatic carbocycles. The van der Waals surface area contributed by atoms with Crippen molar-refractivity contribution in [3.05, 3.63) is 66.0 Å². The molecule has 0 fully saturated rings. The van der Waals surface area contributed by atoms with Crippen LogP contribution in [0.5, 0.6) is 11.5 Å². The van der Waals surface area contributed by atoms with Crippen LogP contribution >= 0.6 is 0 Å². The predicted molar refractivity (Wildman–Crippen MR) is 68.1 cm³/mol. The molecule has 21 heavy (non-hydrogen) atoms. The highest BCUT2D eigenvalue weighted by atomic mass is 19.2. The van der Waals surface area contributed by atoms with Gasteiger partial charge in [-0.1, -0.05) is 30.3 Å². The Morgan fingerprint density at radius 1 is 0.762 bits per heavy atom. The molecule has 0 unspecified atom stereocenters. The van der Waals surface area contributed by atoms with E-state index in [1.54, 1.807) is 18.2 Å². The molecule has 0 atom stereocenters. The van der Waals surface area contributed by atoms with E-state index in [-0.39, 0.29) is 5.75 Å². The smallest absolute Gasteiger partial charge is 0.255 e. The quantitative estimate of drug-likeness (QED) is 0.509. The summed E-state index contributed by atoms with van der Waals surface area (Å²) in [4.78, 5) is 2.46. The Hall–Kier alpha value is -2.63. The van der Waals surface area contributed by atoms with Gasteiger partial charge in [-0.05, 0) is 22.9 Å². The molecule has 6 heteroatoms. The van der Waals surface area contributed by atoms with Crippen LogP contribution in [0.2, 0.25) is 0 Å². The maximum absolute atomic E-state index is 13.5. The van der Waals surface area contributed by atoms with Gasteiger partial charge in [-0.25, -0.2) is 0 Å². The Labute approximate surface area is 116 Å². The number of hydrogen-bond donors (Lipinski definition) is 0. The highest BCUT2D eigenvalue weighted by Gasteiger charge is 2.22. The number of fused-ring (bicyclic) bond motifs is 1. The fraction of sp³-hybridized carbons (Fsp3) is 0. The Morgan fingerprint density at radius 3 is 2.05 bits per heavy atom. The highest BCUT2D eigenvalue weighted by molar-refractivity contribution is 5.83. The molecule has 1 aromatic heterocycles. The van der Waals surface area contributed by atoms with E-state index in [4.69, 9.17) is 4.74 Å². The molecule has 0 saturated carbocycles. The molecule has 0 spiro atoms. The van der Waals surface area contributed by atoms with E-state index in [0.29, 0.717) is 0 Å². The first-order chi connectivity index (χ1) is 10.1. The van der Waals surface area contributed by atoms with E-state index in [0.717, 1.165) is 10.8 Å². The van der Waals surface area contributed by atoms with Crippen LogP contribution in [-0.2, 0) is 0 Å². The average Bonchev–Trinajstić information content (AvgIpc) is 2.49. The third-order valence-electron chi connectivity index (χ3n) is 2.90. The molecule has 0 radical (unpaired) electrons. The standard InChI is InChI=1S/C15H7F4NO/c16-11-13(12(17)15(19)20-14(11)18)21-10-6-5-8-3-1-2-4-9(8)7-10/h1-7H. The minimum Gasteiger partial charge on any atom is -0.451 e. The minimum atomic E-state index is -1.76. The lowest BCUT2D eigenvalue weighted by Gasteiger charge is -2.09. The molecule has 0 amide bonds. The van der Waals surface area contributed by atoms with Crippen molar-refractivity contribution in [2.75, 3.05) is 0 Å². The van der Waals surface area contributed by atoms with Gasteiger partial charge in [-0.2, -0.15) is 22.5 Å². The summed E-state index contributed by atoms with van der Waals surface area (Å²) in [6.45, 7) is 0. The van der Waals surface area contributed by atoms with Gasteiger partial charge >= 0.3 is 0 Å². The Balaban J connectivity index is 2.06. The van der Waals surface area contributed by atoms with Gasteiger partial charge in [-0.15, -0.1) is 0 Å². The van der Waals surface area contributed by atoms with Gasteiger partial charge < -0.3 is 4.74 Å². The summed E-state index contributed by atoms with van der Waals surface area (Å²) in [5, 5.41) is 1.64. The van der Waals surface area contributed by atoms with Crippen LogP contribution in [0.25, 0.3) is 10.8 Å². The van der Waals surface area contributed by atoms with Crippen molar-refractivity contribution >= 4 is 10.8 Å². The van der Waals surface area contributed by atoms with Crippen molar-refractivity contribution in [1.29, 1.82) is 0 Å². The maximum atomic E-state index is 13.5. The molecular weight excluding hydrogens is 286 g/mol. The van der Waals surface area contributed by atoms with Crippen molar-refractivity contribution < 1.29 is 22.3 Å². The number of aromatic nitrogens is 1. The SMILES string of the molecule is Fc1nc(F)c(F)c(Oc2ccc3ccccc3c2)c1F. The maximum Gasteiger partial charge on any atom is 0.255 e. The monoisotopic (exact) mass is 293 g/mol. The zero-order chi connectivity index (χ0) is 15.0. The Morgan fingerprint density at radius 2 is 1.38 bits per heavy atom. The number of hydrogen-bond acceptors (Lipinski definition) is 2. The molecule has 1 heterocycles. The Kier molecular flexibility index (Phi) is 3.21. The highest BCUT2D eigenvalue weighted by Crippen LogP contribution is 2.31. The van der Waals surface area contributed by atoms with E-state index in [2.05, 4.69) is 4.98 Å². The van der Waals surface area contributed by atoms with Gasteiger partial charge in [0, 0.05) is 0 Å². The summed E-state index contributed by atoms with van der Waals surface area (Å²) in [5.74, 6) is -7.98. The Bertz CT molecular complexity index is 809. The molecule has 0 saturated heterocycles. The van der Waals surface area contributed by atoms with Crippen molar-refractivity contribution in [3.63, 3.8) is 0 Å². The molecule has 2 nitrogen and oxygen atoms in total. The molecule has 0 N–H and O–H groups in total. The van der Waals surface area contributed by atoms with Gasteiger partial charge in [0.15, 0.2) is 0 Å². The van der Waals surface area contributed by atoms with Crippen molar-refractivity contribution in [2.45, 2.75) is 0 Å². The van der Waals surface area contributed by atoms with E-state index in [9.17, 15) is 17.6 Å². The topological polar surface area (TPSA) is 22.1 Å². The second-order valence-electron chi connectivity index (χ2n) is 4.26. The lowest BCUT2D eigenvalue weighted by molar-refractivity contribution is 0.343. The van der Waals surface area contributed by atoms with E-state index < -0.39 is 29.3 Å². The largest absolute Gasteiger partial charge is 0.451 e. The molecule has 0 aliphatic heterocycles. The van der Waals surface area contributed by atoms with Crippen LogP contribution in [0.4, 0.5) is 17.6 Å². The second-order valence-corrected chi connectivity index (χ2v) is 4.26.